The first-order chi connectivity index (χ1) is 8.16. The van der Waals surface area contributed by atoms with Gasteiger partial charge in [-0.05, 0) is 37.3 Å². The molecular formula is C13H22N2OS. The highest BCUT2D eigenvalue weighted by molar-refractivity contribution is 7.99. The first-order valence-corrected chi connectivity index (χ1v) is 7.55. The summed E-state index contributed by atoms with van der Waals surface area (Å²) in [7, 11) is 2.19. The molecule has 96 valence electrons. The quantitative estimate of drug-likeness (QED) is 0.825. The fraction of sp³-hybridized carbons (Fsp3) is 0.769. The van der Waals surface area contributed by atoms with Gasteiger partial charge in [-0.15, -0.1) is 0 Å². The normalized spacial score (nSPS) is 18.2. The van der Waals surface area contributed by atoms with Crippen LogP contribution in [0.5, 0.6) is 0 Å². The van der Waals surface area contributed by atoms with Gasteiger partial charge in [-0.3, -0.25) is 4.90 Å². The Balaban J connectivity index is 1.90. The van der Waals surface area contributed by atoms with Crippen LogP contribution < -0.4 is 0 Å². The summed E-state index contributed by atoms with van der Waals surface area (Å²) in [6.07, 6.45) is 2.60. The minimum atomic E-state index is 0.448. The smallest absolute Gasteiger partial charge is 0.150 e. The molecule has 1 aliphatic rings. The highest BCUT2D eigenvalue weighted by Gasteiger charge is 2.19. The summed E-state index contributed by atoms with van der Waals surface area (Å²) in [5.41, 5.74) is 1.06. The summed E-state index contributed by atoms with van der Waals surface area (Å²) < 4.78 is 5.39. The molecule has 0 aromatic carbocycles. The van der Waals surface area contributed by atoms with Crippen LogP contribution in [0.4, 0.5) is 0 Å². The Hall–Kier alpha value is -0.480. The Labute approximate surface area is 108 Å². The molecule has 0 radical (unpaired) electrons. The third kappa shape index (κ3) is 3.49. The fourth-order valence-corrected chi connectivity index (χ4v) is 3.26. The Morgan fingerprint density at radius 3 is 2.76 bits per heavy atom. The lowest BCUT2D eigenvalue weighted by molar-refractivity contribution is 0.197. The van der Waals surface area contributed by atoms with Crippen molar-refractivity contribution in [3.05, 3.63) is 17.5 Å². The van der Waals surface area contributed by atoms with Crippen molar-refractivity contribution in [3.63, 3.8) is 0 Å². The zero-order chi connectivity index (χ0) is 12.3. The van der Waals surface area contributed by atoms with Gasteiger partial charge in [0.05, 0.1) is 12.2 Å². The summed E-state index contributed by atoms with van der Waals surface area (Å²) >= 11 is 2.07. The molecule has 2 rings (SSSR count). The lowest BCUT2D eigenvalue weighted by atomic mass is 10.1. The van der Waals surface area contributed by atoms with Crippen LogP contribution in [0.25, 0.3) is 0 Å². The molecule has 0 unspecified atom stereocenters. The van der Waals surface area contributed by atoms with E-state index in [1.165, 1.54) is 24.3 Å². The lowest BCUT2D eigenvalue weighted by Crippen LogP contribution is -2.34. The Kier molecular flexibility index (Phi) is 4.51. The van der Waals surface area contributed by atoms with Crippen molar-refractivity contribution < 1.29 is 4.52 Å². The summed E-state index contributed by atoms with van der Waals surface area (Å²) in [6, 6.07) is 2.81. The van der Waals surface area contributed by atoms with Gasteiger partial charge in [0, 0.05) is 12.1 Å². The van der Waals surface area contributed by atoms with Crippen LogP contribution in [-0.2, 0) is 6.54 Å². The summed E-state index contributed by atoms with van der Waals surface area (Å²) in [5, 5.41) is 4.11. The highest BCUT2D eigenvalue weighted by atomic mass is 32.2. The van der Waals surface area contributed by atoms with Gasteiger partial charge >= 0.3 is 0 Å². The third-order valence-corrected chi connectivity index (χ3v) is 4.44. The van der Waals surface area contributed by atoms with Crippen LogP contribution in [0.2, 0.25) is 0 Å². The van der Waals surface area contributed by atoms with Crippen molar-refractivity contribution in [1.29, 1.82) is 0 Å². The van der Waals surface area contributed by atoms with Crippen LogP contribution in [0.15, 0.2) is 10.6 Å². The first kappa shape index (κ1) is 13.0. The van der Waals surface area contributed by atoms with E-state index in [1.54, 1.807) is 0 Å². The maximum absolute atomic E-state index is 5.39. The molecule has 1 aromatic rings. The molecule has 0 bridgehead atoms. The molecule has 17 heavy (non-hydrogen) atoms. The second kappa shape index (κ2) is 5.91. The van der Waals surface area contributed by atoms with Crippen LogP contribution >= 0.6 is 11.8 Å². The molecule has 4 heteroatoms. The molecule has 3 nitrogen and oxygen atoms in total. The second-order valence-corrected chi connectivity index (χ2v) is 6.36. The molecule has 0 aliphatic carbocycles. The van der Waals surface area contributed by atoms with Crippen molar-refractivity contribution in [3.8, 4) is 0 Å². The monoisotopic (exact) mass is 254 g/mol. The number of hydrogen-bond acceptors (Lipinski definition) is 4. The van der Waals surface area contributed by atoms with E-state index in [2.05, 4.69) is 48.8 Å². The number of hydrogen-bond donors (Lipinski definition) is 0. The molecule has 0 amide bonds. The van der Waals surface area contributed by atoms with E-state index in [1.807, 2.05) is 0 Å². The standard InChI is InChI=1S/C13H22N2OS/c1-10(2)13-8-12(16-14-13)9-15(3)11-4-6-17-7-5-11/h8,10-11H,4-7,9H2,1-3H3. The van der Waals surface area contributed by atoms with E-state index >= 15 is 0 Å². The van der Waals surface area contributed by atoms with E-state index < -0.39 is 0 Å². The van der Waals surface area contributed by atoms with Gasteiger partial charge in [0.1, 0.15) is 0 Å². The largest absolute Gasteiger partial charge is 0.360 e. The van der Waals surface area contributed by atoms with Gasteiger partial charge in [0.25, 0.3) is 0 Å². The Morgan fingerprint density at radius 2 is 2.18 bits per heavy atom. The minimum absolute atomic E-state index is 0.448. The first-order valence-electron chi connectivity index (χ1n) is 6.40. The Bertz CT molecular complexity index is 345. The van der Waals surface area contributed by atoms with Crippen LogP contribution in [-0.4, -0.2) is 34.7 Å². The van der Waals surface area contributed by atoms with E-state index in [0.717, 1.165) is 18.0 Å². The van der Waals surface area contributed by atoms with Crippen molar-refractivity contribution in [2.75, 3.05) is 18.6 Å². The molecule has 0 spiro atoms. The Morgan fingerprint density at radius 1 is 1.47 bits per heavy atom. The number of thioether (sulfide) groups is 1. The molecule has 1 aromatic heterocycles. The van der Waals surface area contributed by atoms with Gasteiger partial charge in [0.2, 0.25) is 0 Å². The van der Waals surface area contributed by atoms with Gasteiger partial charge in [-0.2, -0.15) is 11.8 Å². The van der Waals surface area contributed by atoms with Crippen LogP contribution in [0, 0.1) is 0 Å². The molecule has 0 saturated carbocycles. The van der Waals surface area contributed by atoms with Crippen molar-refractivity contribution in [1.82, 2.24) is 10.1 Å². The van der Waals surface area contributed by atoms with Crippen molar-refractivity contribution in [2.45, 2.75) is 45.2 Å². The van der Waals surface area contributed by atoms with E-state index in [9.17, 15) is 0 Å². The lowest BCUT2D eigenvalue weighted by Gasteiger charge is -2.30. The molecule has 1 saturated heterocycles. The molecule has 2 heterocycles. The van der Waals surface area contributed by atoms with Crippen molar-refractivity contribution >= 4 is 11.8 Å². The summed E-state index contributed by atoms with van der Waals surface area (Å²) in [4.78, 5) is 2.41. The topological polar surface area (TPSA) is 29.3 Å². The predicted molar refractivity (Wildman–Crippen MR) is 72.4 cm³/mol. The maximum atomic E-state index is 5.39. The molecule has 0 atom stereocenters. The minimum Gasteiger partial charge on any atom is -0.360 e. The zero-order valence-corrected chi connectivity index (χ0v) is 11.8. The average molecular weight is 254 g/mol. The second-order valence-electron chi connectivity index (χ2n) is 5.13. The average Bonchev–Trinajstić information content (AvgIpc) is 2.79. The molecular weight excluding hydrogens is 232 g/mol. The van der Waals surface area contributed by atoms with Crippen molar-refractivity contribution in [2.24, 2.45) is 0 Å². The van der Waals surface area contributed by atoms with Crippen LogP contribution in [0.3, 0.4) is 0 Å². The summed E-state index contributed by atoms with van der Waals surface area (Å²) in [5.74, 6) is 4.03. The number of rotatable bonds is 4. The SMILES string of the molecule is CC(C)c1cc(CN(C)C2CCSCC2)on1. The van der Waals surface area contributed by atoms with E-state index in [-0.39, 0.29) is 0 Å². The molecule has 1 aliphatic heterocycles. The highest BCUT2D eigenvalue weighted by Crippen LogP contribution is 2.22. The van der Waals surface area contributed by atoms with E-state index in [0.29, 0.717) is 12.0 Å². The molecule has 1 fully saturated rings. The fourth-order valence-electron chi connectivity index (χ4n) is 2.18. The molecule has 0 N–H and O–H groups in total. The number of nitrogens with zero attached hydrogens (tertiary/aromatic N) is 2. The zero-order valence-electron chi connectivity index (χ0n) is 11.0. The van der Waals surface area contributed by atoms with E-state index in [4.69, 9.17) is 4.52 Å². The van der Waals surface area contributed by atoms with Gasteiger partial charge < -0.3 is 4.52 Å². The van der Waals surface area contributed by atoms with Crippen LogP contribution in [0.1, 0.15) is 44.1 Å². The third-order valence-electron chi connectivity index (χ3n) is 3.39. The van der Waals surface area contributed by atoms with Gasteiger partial charge in [-0.25, -0.2) is 0 Å². The number of aromatic nitrogens is 1. The summed E-state index contributed by atoms with van der Waals surface area (Å²) in [6.45, 7) is 5.17. The van der Waals surface area contributed by atoms with Gasteiger partial charge in [0.15, 0.2) is 5.76 Å². The maximum Gasteiger partial charge on any atom is 0.150 e. The van der Waals surface area contributed by atoms with Gasteiger partial charge in [-0.1, -0.05) is 19.0 Å². The predicted octanol–water partition coefficient (Wildman–Crippen LogP) is 3.13.